The van der Waals surface area contributed by atoms with Crippen LogP contribution in [0.15, 0.2) is 0 Å². The van der Waals surface area contributed by atoms with Crippen LogP contribution in [0, 0.1) is 11.3 Å². The van der Waals surface area contributed by atoms with E-state index in [2.05, 4.69) is 18.9 Å². The van der Waals surface area contributed by atoms with Crippen molar-refractivity contribution in [1.82, 2.24) is 4.90 Å². The van der Waals surface area contributed by atoms with Gasteiger partial charge in [0.05, 0.1) is 0 Å². The van der Waals surface area contributed by atoms with E-state index in [0.717, 1.165) is 11.3 Å². The van der Waals surface area contributed by atoms with Gasteiger partial charge in [-0.1, -0.05) is 6.92 Å². The summed E-state index contributed by atoms with van der Waals surface area (Å²) in [4.78, 5) is 2.45. The van der Waals surface area contributed by atoms with E-state index in [-0.39, 0.29) is 0 Å². The van der Waals surface area contributed by atoms with Gasteiger partial charge in [-0.3, -0.25) is 0 Å². The van der Waals surface area contributed by atoms with Gasteiger partial charge < -0.3 is 4.90 Å². The Labute approximate surface area is 63.4 Å². The molecule has 1 saturated heterocycles. The summed E-state index contributed by atoms with van der Waals surface area (Å²) in [6, 6.07) is 0. The van der Waals surface area contributed by atoms with Crippen molar-refractivity contribution in [2.45, 2.75) is 26.2 Å². The fourth-order valence-electron chi connectivity index (χ4n) is 2.31. The molecule has 1 aliphatic carbocycles. The van der Waals surface area contributed by atoms with Crippen molar-refractivity contribution >= 4 is 0 Å². The van der Waals surface area contributed by atoms with E-state index in [4.69, 9.17) is 0 Å². The van der Waals surface area contributed by atoms with Crippen LogP contribution in [-0.4, -0.2) is 25.0 Å². The van der Waals surface area contributed by atoms with Gasteiger partial charge in [0, 0.05) is 0 Å². The minimum absolute atomic E-state index is 0.826. The zero-order chi connectivity index (χ0) is 7.19. The first-order valence-electron chi connectivity index (χ1n) is 4.41. The average Bonchev–Trinajstić information content (AvgIpc) is 2.53. The van der Waals surface area contributed by atoms with E-state index in [1.54, 1.807) is 0 Å². The van der Waals surface area contributed by atoms with Crippen molar-refractivity contribution in [3.63, 3.8) is 0 Å². The molecule has 58 valence electrons. The van der Waals surface area contributed by atoms with Crippen LogP contribution in [0.3, 0.4) is 0 Å². The van der Waals surface area contributed by atoms with Crippen molar-refractivity contribution in [3.05, 3.63) is 0 Å². The molecule has 1 unspecified atom stereocenters. The van der Waals surface area contributed by atoms with Gasteiger partial charge in [0.25, 0.3) is 0 Å². The largest absolute Gasteiger partial charge is 0.306 e. The van der Waals surface area contributed by atoms with Crippen molar-refractivity contribution < 1.29 is 0 Å². The van der Waals surface area contributed by atoms with E-state index in [1.807, 2.05) is 0 Å². The monoisotopic (exact) mass is 139 g/mol. The molecule has 0 aromatic heterocycles. The second-order valence-electron chi connectivity index (χ2n) is 4.27. The van der Waals surface area contributed by atoms with Crippen LogP contribution in [0.25, 0.3) is 0 Å². The Morgan fingerprint density at radius 1 is 1.30 bits per heavy atom. The standard InChI is InChI=1S/C9H17N/c1-8-7-9(8)3-5-10(2)6-4-9/h8H,3-7H2,1-2H3. The first-order valence-corrected chi connectivity index (χ1v) is 4.41. The smallest absolute Gasteiger partial charge is 0.00164 e. The third kappa shape index (κ3) is 0.878. The quantitative estimate of drug-likeness (QED) is 0.494. The maximum Gasteiger partial charge on any atom is -0.00164 e. The third-order valence-electron chi connectivity index (χ3n) is 3.58. The lowest BCUT2D eigenvalue weighted by Crippen LogP contribution is -2.31. The van der Waals surface area contributed by atoms with Gasteiger partial charge in [0.15, 0.2) is 0 Å². The van der Waals surface area contributed by atoms with Gasteiger partial charge in [-0.15, -0.1) is 0 Å². The molecule has 0 aromatic rings. The summed E-state index contributed by atoms with van der Waals surface area (Å²) in [7, 11) is 2.24. The highest BCUT2D eigenvalue weighted by molar-refractivity contribution is 5.02. The highest BCUT2D eigenvalue weighted by Gasteiger charge is 2.51. The van der Waals surface area contributed by atoms with E-state index < -0.39 is 0 Å². The number of hydrogen-bond donors (Lipinski definition) is 0. The molecule has 0 N–H and O–H groups in total. The molecular formula is C9H17N. The molecule has 2 aliphatic rings. The van der Waals surface area contributed by atoms with Crippen LogP contribution in [0.5, 0.6) is 0 Å². The molecule has 2 rings (SSSR count). The minimum Gasteiger partial charge on any atom is -0.306 e. The molecule has 2 fully saturated rings. The van der Waals surface area contributed by atoms with E-state index in [0.29, 0.717) is 0 Å². The van der Waals surface area contributed by atoms with Gasteiger partial charge in [0.2, 0.25) is 0 Å². The predicted octanol–water partition coefficient (Wildman–Crippen LogP) is 1.74. The molecule has 1 nitrogen and oxygen atoms in total. The summed E-state index contributed by atoms with van der Waals surface area (Å²) in [6.45, 7) is 5.08. The topological polar surface area (TPSA) is 3.24 Å². The van der Waals surface area contributed by atoms with Crippen LogP contribution in [0.2, 0.25) is 0 Å². The zero-order valence-electron chi connectivity index (χ0n) is 7.06. The van der Waals surface area contributed by atoms with Crippen molar-refractivity contribution in [1.29, 1.82) is 0 Å². The summed E-state index contributed by atoms with van der Waals surface area (Å²) in [5.74, 6) is 1.04. The maximum atomic E-state index is 2.45. The van der Waals surface area contributed by atoms with E-state index >= 15 is 0 Å². The molecule has 10 heavy (non-hydrogen) atoms. The van der Waals surface area contributed by atoms with Crippen LogP contribution in [0.4, 0.5) is 0 Å². The van der Waals surface area contributed by atoms with Crippen molar-refractivity contribution in [2.75, 3.05) is 20.1 Å². The van der Waals surface area contributed by atoms with Gasteiger partial charge in [-0.25, -0.2) is 0 Å². The fourth-order valence-corrected chi connectivity index (χ4v) is 2.31. The first kappa shape index (κ1) is 6.66. The Bertz CT molecular complexity index is 134. The highest BCUT2D eigenvalue weighted by Crippen LogP contribution is 2.58. The lowest BCUT2D eigenvalue weighted by Gasteiger charge is -2.29. The van der Waals surface area contributed by atoms with Gasteiger partial charge >= 0.3 is 0 Å². The molecule has 0 aromatic carbocycles. The van der Waals surface area contributed by atoms with E-state index in [1.165, 1.54) is 32.4 Å². The molecule has 0 bridgehead atoms. The van der Waals surface area contributed by atoms with E-state index in [9.17, 15) is 0 Å². The fraction of sp³-hybridized carbons (Fsp3) is 1.00. The van der Waals surface area contributed by atoms with Crippen molar-refractivity contribution in [2.24, 2.45) is 11.3 Å². The number of hydrogen-bond acceptors (Lipinski definition) is 1. The summed E-state index contributed by atoms with van der Waals surface area (Å²) in [6.07, 6.45) is 4.44. The van der Waals surface area contributed by atoms with Gasteiger partial charge in [-0.2, -0.15) is 0 Å². The molecule has 1 heteroatoms. The van der Waals surface area contributed by atoms with Crippen LogP contribution >= 0.6 is 0 Å². The lowest BCUT2D eigenvalue weighted by molar-refractivity contribution is 0.195. The Morgan fingerprint density at radius 2 is 1.80 bits per heavy atom. The molecule has 1 saturated carbocycles. The van der Waals surface area contributed by atoms with Crippen LogP contribution < -0.4 is 0 Å². The van der Waals surface area contributed by atoms with Crippen LogP contribution in [-0.2, 0) is 0 Å². The molecule has 1 aliphatic heterocycles. The zero-order valence-corrected chi connectivity index (χ0v) is 7.06. The molecule has 0 amide bonds. The Morgan fingerprint density at radius 3 is 2.20 bits per heavy atom. The molecular weight excluding hydrogens is 122 g/mol. The normalized spacial score (nSPS) is 38.4. The van der Waals surface area contributed by atoms with Crippen molar-refractivity contribution in [3.8, 4) is 0 Å². The summed E-state index contributed by atoms with van der Waals surface area (Å²) in [5, 5.41) is 0. The van der Waals surface area contributed by atoms with Crippen LogP contribution in [0.1, 0.15) is 26.2 Å². The third-order valence-corrected chi connectivity index (χ3v) is 3.58. The summed E-state index contributed by atoms with van der Waals surface area (Å²) >= 11 is 0. The number of rotatable bonds is 0. The number of nitrogens with zero attached hydrogens (tertiary/aromatic N) is 1. The minimum atomic E-state index is 0.826. The molecule has 1 spiro atoms. The average molecular weight is 139 g/mol. The Hall–Kier alpha value is -0.0400. The predicted molar refractivity (Wildman–Crippen MR) is 42.9 cm³/mol. The number of likely N-dealkylation sites (tertiary alicyclic amines) is 1. The number of piperidine rings is 1. The first-order chi connectivity index (χ1) is 4.73. The Balaban J connectivity index is 1.93. The Kier molecular flexibility index (Phi) is 1.31. The maximum absolute atomic E-state index is 2.45. The molecule has 1 heterocycles. The SMILES string of the molecule is CC1CC12CCN(C)CC2. The van der Waals surface area contributed by atoms with Gasteiger partial charge in [0.1, 0.15) is 0 Å². The summed E-state index contributed by atoms with van der Waals surface area (Å²) in [5.41, 5.74) is 0.826. The highest BCUT2D eigenvalue weighted by atomic mass is 15.1. The van der Waals surface area contributed by atoms with Gasteiger partial charge in [-0.05, 0) is 50.7 Å². The summed E-state index contributed by atoms with van der Waals surface area (Å²) < 4.78 is 0. The molecule has 1 atom stereocenters. The lowest BCUT2D eigenvalue weighted by atomic mass is 9.92. The molecule has 0 radical (unpaired) electrons. The second-order valence-corrected chi connectivity index (χ2v) is 4.27. The second kappa shape index (κ2) is 1.97.